The molecule has 0 heterocycles. The van der Waals surface area contributed by atoms with Crippen LogP contribution in [-0.2, 0) is 21.6 Å². The van der Waals surface area contributed by atoms with Gasteiger partial charge in [-0.25, -0.2) is 4.31 Å². The van der Waals surface area contributed by atoms with Crippen LogP contribution in [0.1, 0.15) is 12.0 Å². The summed E-state index contributed by atoms with van der Waals surface area (Å²) >= 11 is 3.27. The molecule has 0 saturated carbocycles. The van der Waals surface area contributed by atoms with Crippen molar-refractivity contribution in [1.82, 2.24) is 0 Å². The third-order valence-corrected chi connectivity index (χ3v) is 5.08. The fourth-order valence-corrected chi connectivity index (χ4v) is 3.56. The van der Waals surface area contributed by atoms with Crippen LogP contribution in [0, 0.1) is 0 Å². The Labute approximate surface area is 154 Å². The number of hydrogen-bond acceptors (Lipinski definition) is 5. The van der Waals surface area contributed by atoms with Gasteiger partial charge in [0, 0.05) is 17.6 Å². The maximum atomic E-state index is 12.6. The molecule has 0 radical (unpaired) electrons. The second-order valence-corrected chi connectivity index (χ2v) is 7.46. The van der Waals surface area contributed by atoms with Crippen LogP contribution in [0.4, 0.5) is 5.69 Å². The first-order valence-corrected chi connectivity index (χ1v) is 9.46. The molecule has 0 bridgehead atoms. The Morgan fingerprint density at radius 3 is 2.44 bits per heavy atom. The van der Waals surface area contributed by atoms with E-state index in [1.807, 2.05) is 0 Å². The zero-order valence-corrected chi connectivity index (χ0v) is 15.5. The van der Waals surface area contributed by atoms with Crippen LogP contribution >= 0.6 is 15.9 Å². The van der Waals surface area contributed by atoms with Crippen molar-refractivity contribution in [2.45, 2.75) is 13.0 Å². The molecule has 3 N–H and O–H groups in total. The second-order valence-electron chi connectivity index (χ2n) is 5.08. The fraction of sp³-hybridized carbons (Fsp3) is 0.188. The van der Waals surface area contributed by atoms with Gasteiger partial charge < -0.3 is 15.0 Å². The minimum atomic E-state index is -4.24. The van der Waals surface area contributed by atoms with Gasteiger partial charge in [-0.1, -0.05) is 34.1 Å². The Kier molecular flexibility index (Phi) is 6.40. The van der Waals surface area contributed by atoms with Crippen molar-refractivity contribution in [3.63, 3.8) is 0 Å². The van der Waals surface area contributed by atoms with E-state index in [4.69, 9.17) is 15.0 Å². The summed E-state index contributed by atoms with van der Waals surface area (Å²) in [6, 6.07) is 12.8. The third-order valence-electron chi connectivity index (χ3n) is 3.26. The number of nitrogens with zero attached hydrogens (tertiary/aromatic N) is 1. The molecule has 0 aliphatic heterocycles. The van der Waals surface area contributed by atoms with Gasteiger partial charge in [0.25, 0.3) is 0 Å². The SMILES string of the molecule is NCc1ccc(OS(=O)(=O)N(CCC(=O)O)c2cccc(Br)c2)cc1. The molecule has 25 heavy (non-hydrogen) atoms. The van der Waals surface area contributed by atoms with Crippen molar-refractivity contribution in [1.29, 1.82) is 0 Å². The third kappa shape index (κ3) is 5.45. The predicted octanol–water partition coefficient (Wildman–Crippen LogP) is 2.51. The van der Waals surface area contributed by atoms with E-state index in [0.29, 0.717) is 16.7 Å². The summed E-state index contributed by atoms with van der Waals surface area (Å²) in [5, 5.41) is 8.89. The number of anilines is 1. The highest BCUT2D eigenvalue weighted by Crippen LogP contribution is 2.25. The predicted molar refractivity (Wildman–Crippen MR) is 97.6 cm³/mol. The maximum absolute atomic E-state index is 12.6. The van der Waals surface area contributed by atoms with Crippen molar-refractivity contribution in [2.24, 2.45) is 5.73 Å². The molecule has 2 rings (SSSR count). The average Bonchev–Trinajstić information content (AvgIpc) is 2.55. The van der Waals surface area contributed by atoms with Gasteiger partial charge in [0.05, 0.1) is 12.1 Å². The van der Waals surface area contributed by atoms with Gasteiger partial charge >= 0.3 is 16.3 Å². The Hall–Kier alpha value is -2.10. The molecular formula is C16H17BrN2O5S. The van der Waals surface area contributed by atoms with Gasteiger partial charge in [0.15, 0.2) is 0 Å². The number of hydrogen-bond donors (Lipinski definition) is 2. The number of benzene rings is 2. The van der Waals surface area contributed by atoms with Gasteiger partial charge in [-0.2, -0.15) is 8.42 Å². The molecule has 2 aromatic carbocycles. The minimum absolute atomic E-state index is 0.118. The second kappa shape index (κ2) is 8.32. The number of carboxylic acids is 1. The monoisotopic (exact) mass is 428 g/mol. The normalized spacial score (nSPS) is 11.1. The van der Waals surface area contributed by atoms with Crippen molar-refractivity contribution in [3.05, 3.63) is 58.6 Å². The Morgan fingerprint density at radius 2 is 1.88 bits per heavy atom. The van der Waals surface area contributed by atoms with Crippen LogP contribution in [0.2, 0.25) is 0 Å². The molecule has 0 aliphatic carbocycles. The number of rotatable bonds is 8. The summed E-state index contributed by atoms with van der Waals surface area (Å²) in [5.74, 6) is -0.991. The molecule has 0 spiro atoms. The smallest absolute Gasteiger partial charge is 0.409 e. The Bertz CT molecular complexity index is 840. The van der Waals surface area contributed by atoms with E-state index in [1.165, 1.54) is 12.1 Å². The molecule has 134 valence electrons. The summed E-state index contributed by atoms with van der Waals surface area (Å²) in [7, 11) is -4.24. The first-order valence-electron chi connectivity index (χ1n) is 7.30. The molecule has 7 nitrogen and oxygen atoms in total. The Balaban J connectivity index is 2.31. The lowest BCUT2D eigenvalue weighted by molar-refractivity contribution is -0.136. The topological polar surface area (TPSA) is 110 Å². The lowest BCUT2D eigenvalue weighted by Crippen LogP contribution is -2.36. The Morgan fingerprint density at radius 1 is 1.20 bits per heavy atom. The highest BCUT2D eigenvalue weighted by molar-refractivity contribution is 9.10. The van der Waals surface area contributed by atoms with E-state index in [-0.39, 0.29) is 18.7 Å². The molecule has 9 heteroatoms. The van der Waals surface area contributed by atoms with E-state index < -0.39 is 16.3 Å². The number of aliphatic carboxylic acids is 1. The molecule has 0 atom stereocenters. The molecule has 0 amide bonds. The molecule has 0 unspecified atom stereocenters. The maximum Gasteiger partial charge on any atom is 0.409 e. The molecule has 0 aromatic heterocycles. The zero-order valence-electron chi connectivity index (χ0n) is 13.1. The van der Waals surface area contributed by atoms with Crippen molar-refractivity contribution < 1.29 is 22.5 Å². The standard InChI is InChI=1S/C16H17BrN2O5S/c17-13-2-1-3-14(10-13)19(9-8-16(20)21)25(22,23)24-15-6-4-12(11-18)5-7-15/h1-7,10H,8-9,11,18H2,(H,20,21). The first-order chi connectivity index (χ1) is 11.8. The van der Waals surface area contributed by atoms with Crippen LogP contribution in [0.5, 0.6) is 5.75 Å². The quantitative estimate of drug-likeness (QED) is 0.668. The largest absolute Gasteiger partial charge is 0.481 e. The summed E-state index contributed by atoms with van der Waals surface area (Å²) in [5.41, 5.74) is 6.64. The molecular weight excluding hydrogens is 412 g/mol. The van der Waals surface area contributed by atoms with Crippen molar-refractivity contribution in [2.75, 3.05) is 10.8 Å². The van der Waals surface area contributed by atoms with Gasteiger partial charge in [-0.15, -0.1) is 0 Å². The van der Waals surface area contributed by atoms with E-state index in [1.54, 1.807) is 36.4 Å². The van der Waals surface area contributed by atoms with Crippen LogP contribution < -0.4 is 14.2 Å². The van der Waals surface area contributed by atoms with Crippen LogP contribution in [0.3, 0.4) is 0 Å². The first kappa shape index (κ1) is 19.2. The van der Waals surface area contributed by atoms with Crippen LogP contribution in [-0.4, -0.2) is 26.0 Å². The number of carbonyl (C=O) groups is 1. The summed E-state index contributed by atoms with van der Waals surface area (Å²) < 4.78 is 32.0. The van der Waals surface area contributed by atoms with E-state index >= 15 is 0 Å². The van der Waals surface area contributed by atoms with Gasteiger partial charge in [-0.05, 0) is 35.9 Å². The van der Waals surface area contributed by atoms with Gasteiger partial charge in [0.1, 0.15) is 5.75 Å². The molecule has 0 fully saturated rings. The molecule has 0 aliphatic rings. The highest BCUT2D eigenvalue weighted by atomic mass is 79.9. The summed E-state index contributed by atoms with van der Waals surface area (Å²) in [6.07, 6.45) is -0.360. The number of nitrogens with two attached hydrogens (primary N) is 1. The van der Waals surface area contributed by atoms with E-state index in [2.05, 4.69) is 15.9 Å². The summed E-state index contributed by atoms with van der Waals surface area (Å²) in [6.45, 7) is 0.0742. The lowest BCUT2D eigenvalue weighted by atomic mass is 10.2. The van der Waals surface area contributed by atoms with Gasteiger partial charge in [0.2, 0.25) is 0 Å². The van der Waals surface area contributed by atoms with Crippen LogP contribution in [0.15, 0.2) is 53.0 Å². The minimum Gasteiger partial charge on any atom is -0.481 e. The highest BCUT2D eigenvalue weighted by Gasteiger charge is 2.25. The lowest BCUT2D eigenvalue weighted by Gasteiger charge is -2.23. The van der Waals surface area contributed by atoms with E-state index in [9.17, 15) is 13.2 Å². The van der Waals surface area contributed by atoms with Crippen molar-refractivity contribution >= 4 is 37.9 Å². The van der Waals surface area contributed by atoms with Crippen LogP contribution in [0.25, 0.3) is 0 Å². The van der Waals surface area contributed by atoms with Crippen molar-refractivity contribution in [3.8, 4) is 5.75 Å². The molecule has 2 aromatic rings. The van der Waals surface area contributed by atoms with Gasteiger partial charge in [-0.3, -0.25) is 4.79 Å². The number of carboxylic acid groups (broad SMARTS) is 1. The zero-order chi connectivity index (χ0) is 18.4. The molecule has 0 saturated heterocycles. The summed E-state index contributed by atoms with van der Waals surface area (Å²) in [4.78, 5) is 10.9. The fourth-order valence-electron chi connectivity index (χ4n) is 2.05. The number of halogens is 1. The average molecular weight is 429 g/mol. The van der Waals surface area contributed by atoms with E-state index in [0.717, 1.165) is 9.87 Å².